The Labute approximate surface area is 140 Å². The van der Waals surface area contributed by atoms with Crippen LogP contribution in [-0.4, -0.2) is 26.4 Å². The maximum absolute atomic E-state index is 12.7. The fraction of sp³-hybridized carbons (Fsp3) is 0.278. The second kappa shape index (κ2) is 9.39. The first kappa shape index (κ1) is 17.6. The van der Waals surface area contributed by atoms with E-state index < -0.39 is 6.09 Å². The number of methoxy groups -OCH3 is 1. The summed E-state index contributed by atoms with van der Waals surface area (Å²) in [7, 11) is 1.58. The molecule has 2 rings (SSSR count). The van der Waals surface area contributed by atoms with Crippen molar-refractivity contribution in [3.8, 4) is 11.5 Å². The van der Waals surface area contributed by atoms with Gasteiger partial charge in [-0.15, -0.1) is 0 Å². The molecule has 0 spiro atoms. The molecule has 0 aliphatic heterocycles. The number of nitrogens with one attached hydrogen (secondary N) is 1. The number of hydrogen-bond donors (Lipinski definition) is 1. The summed E-state index contributed by atoms with van der Waals surface area (Å²) in [5, 5.41) is 2.66. The van der Waals surface area contributed by atoms with Crippen LogP contribution in [0, 0.1) is 5.82 Å². The van der Waals surface area contributed by atoms with Gasteiger partial charge in [0.1, 0.15) is 17.3 Å². The minimum Gasteiger partial charge on any atom is -0.496 e. The number of para-hydroxylation sites is 1. The summed E-state index contributed by atoms with van der Waals surface area (Å²) in [6.45, 7) is 0.944. The van der Waals surface area contributed by atoms with Crippen molar-refractivity contribution in [2.24, 2.45) is 0 Å². The second-order valence-electron chi connectivity index (χ2n) is 4.96. The highest BCUT2D eigenvalue weighted by Crippen LogP contribution is 2.16. The normalized spacial score (nSPS) is 10.1. The number of benzene rings is 2. The third-order valence-corrected chi connectivity index (χ3v) is 3.22. The van der Waals surface area contributed by atoms with Gasteiger partial charge in [-0.3, -0.25) is 0 Å². The molecule has 0 aliphatic carbocycles. The molecule has 0 radical (unpaired) electrons. The summed E-state index contributed by atoms with van der Waals surface area (Å²) in [5.41, 5.74) is 0.872. The van der Waals surface area contributed by atoms with Crippen LogP contribution in [-0.2, 0) is 11.3 Å². The van der Waals surface area contributed by atoms with Crippen molar-refractivity contribution < 1.29 is 23.4 Å². The van der Waals surface area contributed by atoms with E-state index in [4.69, 9.17) is 14.2 Å². The molecule has 0 heterocycles. The Kier molecular flexibility index (Phi) is 6.89. The minimum absolute atomic E-state index is 0.235. The van der Waals surface area contributed by atoms with E-state index >= 15 is 0 Å². The minimum atomic E-state index is -0.498. The van der Waals surface area contributed by atoms with Crippen LogP contribution < -0.4 is 14.8 Å². The summed E-state index contributed by atoms with van der Waals surface area (Å²) < 4.78 is 28.4. The molecule has 1 N–H and O–H groups in total. The van der Waals surface area contributed by atoms with Gasteiger partial charge in [0.2, 0.25) is 0 Å². The van der Waals surface area contributed by atoms with Gasteiger partial charge in [-0.25, -0.2) is 9.18 Å². The average molecular weight is 333 g/mol. The van der Waals surface area contributed by atoms with Crippen LogP contribution in [0.15, 0.2) is 48.5 Å². The average Bonchev–Trinajstić information content (AvgIpc) is 2.61. The molecule has 24 heavy (non-hydrogen) atoms. The lowest BCUT2D eigenvalue weighted by molar-refractivity contribution is 0.137. The summed E-state index contributed by atoms with van der Waals surface area (Å²) in [6, 6.07) is 13.2. The predicted octanol–water partition coefficient (Wildman–Crippen LogP) is 3.53. The maximum Gasteiger partial charge on any atom is 0.407 e. The number of alkyl carbamates (subject to hydrolysis) is 1. The van der Waals surface area contributed by atoms with Gasteiger partial charge in [-0.2, -0.15) is 0 Å². The number of carbonyl (C=O) groups is 1. The number of ether oxygens (including phenoxy) is 3. The van der Waals surface area contributed by atoms with E-state index in [1.807, 2.05) is 24.3 Å². The van der Waals surface area contributed by atoms with Crippen LogP contribution in [0.5, 0.6) is 11.5 Å². The molecule has 2 aromatic carbocycles. The number of carbonyl (C=O) groups excluding carboxylic acids is 1. The summed E-state index contributed by atoms with van der Waals surface area (Å²) in [4.78, 5) is 11.6. The maximum atomic E-state index is 12.7. The Bertz CT molecular complexity index is 646. The number of rotatable bonds is 8. The van der Waals surface area contributed by atoms with Crippen molar-refractivity contribution in [1.82, 2.24) is 5.32 Å². The molecule has 0 saturated carbocycles. The van der Waals surface area contributed by atoms with Gasteiger partial charge in [0.05, 0.1) is 20.3 Å². The second-order valence-corrected chi connectivity index (χ2v) is 4.96. The molecule has 1 amide bonds. The highest BCUT2D eigenvalue weighted by atomic mass is 19.1. The largest absolute Gasteiger partial charge is 0.496 e. The van der Waals surface area contributed by atoms with Gasteiger partial charge in [-0.1, -0.05) is 18.2 Å². The third-order valence-electron chi connectivity index (χ3n) is 3.22. The van der Waals surface area contributed by atoms with Gasteiger partial charge in [-0.05, 0) is 30.3 Å². The van der Waals surface area contributed by atoms with Crippen LogP contribution in [0.4, 0.5) is 9.18 Å². The Morgan fingerprint density at radius 1 is 1.08 bits per heavy atom. The lowest BCUT2D eigenvalue weighted by Gasteiger charge is -2.10. The molecule has 0 saturated heterocycles. The molecular formula is C18H20FNO4. The van der Waals surface area contributed by atoms with Crippen molar-refractivity contribution in [1.29, 1.82) is 0 Å². The summed E-state index contributed by atoms with van der Waals surface area (Å²) in [6.07, 6.45) is 0.0436. The molecule has 5 nitrogen and oxygen atoms in total. The van der Waals surface area contributed by atoms with Crippen molar-refractivity contribution in [3.05, 3.63) is 59.9 Å². The van der Waals surface area contributed by atoms with Crippen LogP contribution in [0.3, 0.4) is 0 Å². The van der Waals surface area contributed by atoms with Crippen molar-refractivity contribution in [2.75, 3.05) is 20.3 Å². The van der Waals surface area contributed by atoms with Crippen LogP contribution in [0.2, 0.25) is 0 Å². The molecule has 0 aliphatic rings. The van der Waals surface area contributed by atoms with Crippen molar-refractivity contribution in [3.63, 3.8) is 0 Å². The molecule has 0 aromatic heterocycles. The van der Waals surface area contributed by atoms with E-state index in [2.05, 4.69) is 5.32 Å². The zero-order chi connectivity index (χ0) is 17.2. The molecule has 128 valence electrons. The monoisotopic (exact) mass is 333 g/mol. The Morgan fingerprint density at radius 3 is 2.58 bits per heavy atom. The first-order valence-corrected chi connectivity index (χ1v) is 7.60. The number of hydrogen-bond acceptors (Lipinski definition) is 4. The van der Waals surface area contributed by atoms with E-state index in [-0.39, 0.29) is 12.4 Å². The first-order chi connectivity index (χ1) is 11.7. The fourth-order valence-corrected chi connectivity index (χ4v) is 2.01. The van der Waals surface area contributed by atoms with Crippen molar-refractivity contribution in [2.45, 2.75) is 13.0 Å². The fourth-order valence-electron chi connectivity index (χ4n) is 2.01. The lowest BCUT2D eigenvalue weighted by Crippen LogP contribution is -2.24. The van der Waals surface area contributed by atoms with E-state index in [9.17, 15) is 9.18 Å². The topological polar surface area (TPSA) is 56.8 Å². The highest BCUT2D eigenvalue weighted by Gasteiger charge is 2.05. The first-order valence-electron chi connectivity index (χ1n) is 7.60. The quantitative estimate of drug-likeness (QED) is 0.751. The molecule has 0 fully saturated rings. The van der Waals surface area contributed by atoms with E-state index in [1.54, 1.807) is 19.2 Å². The molecule has 0 atom stereocenters. The standard InChI is InChI=1S/C18H20FNO4/c1-22-17-6-3-2-5-14(17)13-20-18(21)24-12-4-11-23-16-9-7-15(19)8-10-16/h2-3,5-10H,4,11-13H2,1H3,(H,20,21). The van der Waals surface area contributed by atoms with E-state index in [0.717, 1.165) is 5.56 Å². The highest BCUT2D eigenvalue weighted by molar-refractivity contribution is 5.67. The van der Waals surface area contributed by atoms with Crippen LogP contribution >= 0.6 is 0 Å². The number of amides is 1. The van der Waals surface area contributed by atoms with Gasteiger partial charge in [0, 0.05) is 18.5 Å². The zero-order valence-corrected chi connectivity index (χ0v) is 13.5. The van der Waals surface area contributed by atoms with Crippen LogP contribution in [0.1, 0.15) is 12.0 Å². The van der Waals surface area contributed by atoms with Gasteiger partial charge >= 0.3 is 6.09 Å². The van der Waals surface area contributed by atoms with E-state index in [1.165, 1.54) is 12.1 Å². The van der Waals surface area contributed by atoms with Crippen LogP contribution in [0.25, 0.3) is 0 Å². The molecule has 0 bridgehead atoms. The Hall–Kier alpha value is -2.76. The van der Waals surface area contributed by atoms with Gasteiger partial charge in [0.25, 0.3) is 0 Å². The van der Waals surface area contributed by atoms with Crippen molar-refractivity contribution >= 4 is 6.09 Å². The molecular weight excluding hydrogens is 313 g/mol. The molecule has 6 heteroatoms. The van der Waals surface area contributed by atoms with Gasteiger partial charge in [0.15, 0.2) is 0 Å². The Morgan fingerprint density at radius 2 is 1.83 bits per heavy atom. The molecule has 0 unspecified atom stereocenters. The predicted molar refractivity (Wildman–Crippen MR) is 87.7 cm³/mol. The Balaban J connectivity index is 1.60. The third kappa shape index (κ3) is 5.79. The van der Waals surface area contributed by atoms with E-state index in [0.29, 0.717) is 31.1 Å². The smallest absolute Gasteiger partial charge is 0.407 e. The summed E-state index contributed by atoms with van der Waals surface area (Å²) in [5.74, 6) is 0.986. The SMILES string of the molecule is COc1ccccc1CNC(=O)OCCCOc1ccc(F)cc1. The zero-order valence-electron chi connectivity index (χ0n) is 13.5. The summed E-state index contributed by atoms with van der Waals surface area (Å²) >= 11 is 0. The van der Waals surface area contributed by atoms with Gasteiger partial charge < -0.3 is 19.5 Å². The molecule has 2 aromatic rings. The number of halogens is 1. The lowest BCUT2D eigenvalue weighted by atomic mass is 10.2.